The summed E-state index contributed by atoms with van der Waals surface area (Å²) in [7, 11) is 1.62. The molecule has 3 heterocycles. The molecule has 0 saturated carbocycles. The van der Waals surface area contributed by atoms with Gasteiger partial charge in [0.05, 0.1) is 30.7 Å². The average molecular weight is 608 g/mol. The van der Waals surface area contributed by atoms with Crippen molar-refractivity contribution in [3.8, 4) is 23.0 Å². The van der Waals surface area contributed by atoms with Gasteiger partial charge in [0.1, 0.15) is 5.75 Å². The number of aromatic nitrogens is 3. The zero-order valence-electron chi connectivity index (χ0n) is 24.6. The largest absolute Gasteiger partial charge is 0.497 e. The lowest BCUT2D eigenvalue weighted by atomic mass is 9.89. The summed E-state index contributed by atoms with van der Waals surface area (Å²) in [5.74, 6) is 1.67. The van der Waals surface area contributed by atoms with E-state index in [0.29, 0.717) is 36.4 Å². The number of hydrogen-bond donors (Lipinski definition) is 0. The van der Waals surface area contributed by atoms with Crippen molar-refractivity contribution in [1.82, 2.24) is 24.6 Å². The number of thioether (sulfide) groups is 1. The highest BCUT2D eigenvalue weighted by molar-refractivity contribution is 7.99. The quantitative estimate of drug-likeness (QED) is 0.204. The zero-order valence-corrected chi connectivity index (χ0v) is 25.4. The Morgan fingerprint density at radius 3 is 2.18 bits per heavy atom. The van der Waals surface area contributed by atoms with Crippen molar-refractivity contribution in [2.75, 3.05) is 32.5 Å². The molecule has 0 radical (unpaired) electrons. The summed E-state index contributed by atoms with van der Waals surface area (Å²) in [6, 6.07) is 30.8. The minimum Gasteiger partial charge on any atom is -0.497 e. The van der Waals surface area contributed by atoms with Crippen LogP contribution < -0.4 is 4.74 Å². The molecule has 2 aromatic heterocycles. The fourth-order valence-electron chi connectivity index (χ4n) is 5.56. The van der Waals surface area contributed by atoms with Crippen LogP contribution in [-0.4, -0.2) is 74.9 Å². The number of piperazine rings is 1. The average Bonchev–Trinajstić information content (AvgIpc) is 3.75. The third kappa shape index (κ3) is 6.12. The van der Waals surface area contributed by atoms with Crippen molar-refractivity contribution in [3.63, 3.8) is 0 Å². The van der Waals surface area contributed by atoms with Crippen molar-refractivity contribution in [3.05, 3.63) is 114 Å². The van der Waals surface area contributed by atoms with Gasteiger partial charge in [0, 0.05) is 25.7 Å². The van der Waals surface area contributed by atoms with Gasteiger partial charge < -0.3 is 19.0 Å². The summed E-state index contributed by atoms with van der Waals surface area (Å²) < 4.78 is 12.8. The van der Waals surface area contributed by atoms with Gasteiger partial charge in [-0.2, -0.15) is 0 Å². The topological polar surface area (TPSA) is 93.7 Å². The lowest BCUT2D eigenvalue weighted by molar-refractivity contribution is -0.141. The molecule has 1 unspecified atom stereocenters. The molecule has 1 atom stereocenters. The number of nitrogens with zero attached hydrogens (tertiary/aromatic N) is 5. The predicted molar refractivity (Wildman–Crippen MR) is 169 cm³/mol. The lowest BCUT2D eigenvalue weighted by Gasteiger charge is -2.41. The molecule has 44 heavy (non-hydrogen) atoms. The Labute approximate surface area is 260 Å². The number of carbonyl (C=O) groups excluding carboxylic acids is 2. The van der Waals surface area contributed by atoms with Crippen molar-refractivity contribution >= 4 is 23.6 Å². The number of hydrogen-bond acceptors (Lipinski definition) is 7. The molecule has 0 spiro atoms. The van der Waals surface area contributed by atoms with Gasteiger partial charge in [-0.05, 0) is 54.4 Å². The smallest absolute Gasteiger partial charge is 0.234 e. The number of carbonyl (C=O) groups is 2. The van der Waals surface area contributed by atoms with E-state index in [1.807, 2.05) is 112 Å². The molecule has 2 amide bonds. The van der Waals surface area contributed by atoms with Gasteiger partial charge >= 0.3 is 0 Å². The van der Waals surface area contributed by atoms with Gasteiger partial charge in [0.25, 0.3) is 0 Å². The predicted octanol–water partition coefficient (Wildman–Crippen LogP) is 5.52. The minimum atomic E-state index is -0.398. The maximum Gasteiger partial charge on any atom is 0.234 e. The molecule has 1 aliphatic rings. The Bertz CT molecular complexity index is 1650. The van der Waals surface area contributed by atoms with Crippen molar-refractivity contribution in [1.29, 1.82) is 0 Å². The number of benzene rings is 3. The molecule has 3 aromatic carbocycles. The monoisotopic (exact) mass is 607 g/mol. The summed E-state index contributed by atoms with van der Waals surface area (Å²) in [6.45, 7) is 3.41. The van der Waals surface area contributed by atoms with Gasteiger partial charge in [-0.1, -0.05) is 72.4 Å². The van der Waals surface area contributed by atoms with Gasteiger partial charge in [0.15, 0.2) is 10.9 Å². The molecular weight excluding hydrogens is 574 g/mol. The maximum absolute atomic E-state index is 14.0. The van der Waals surface area contributed by atoms with Crippen molar-refractivity contribution in [2.24, 2.45) is 0 Å². The maximum atomic E-state index is 14.0. The Morgan fingerprint density at radius 1 is 0.909 bits per heavy atom. The molecule has 1 saturated heterocycles. The highest BCUT2D eigenvalue weighted by Gasteiger charge is 2.35. The van der Waals surface area contributed by atoms with Crippen LogP contribution in [0.3, 0.4) is 0 Å². The van der Waals surface area contributed by atoms with Crippen LogP contribution in [0.4, 0.5) is 0 Å². The molecule has 0 N–H and O–H groups in total. The SMILES string of the molecule is COc1ccc(-n2c(SCC(=O)N3CCN(C(=O)C(c4ccccc4)c4ccccc4)C(C)C3)nnc2-c2ccco2)cc1. The third-order valence-corrected chi connectivity index (χ3v) is 8.72. The van der Waals surface area contributed by atoms with Crippen LogP contribution in [0.1, 0.15) is 24.0 Å². The second-order valence-electron chi connectivity index (χ2n) is 10.6. The van der Waals surface area contributed by atoms with Crippen LogP contribution in [0, 0.1) is 0 Å². The van der Waals surface area contributed by atoms with E-state index in [9.17, 15) is 9.59 Å². The molecule has 0 aliphatic carbocycles. The number of methoxy groups -OCH3 is 1. The first-order valence-electron chi connectivity index (χ1n) is 14.5. The van der Waals surface area contributed by atoms with Gasteiger partial charge in [0.2, 0.25) is 17.6 Å². The fraction of sp³-hybridized carbons (Fsp3) is 0.235. The molecule has 6 rings (SSSR count). The van der Waals surface area contributed by atoms with Gasteiger partial charge in [-0.3, -0.25) is 14.2 Å². The van der Waals surface area contributed by atoms with E-state index >= 15 is 0 Å². The Morgan fingerprint density at radius 2 is 1.59 bits per heavy atom. The van der Waals surface area contributed by atoms with Gasteiger partial charge in [-0.25, -0.2) is 0 Å². The summed E-state index contributed by atoms with van der Waals surface area (Å²) >= 11 is 1.32. The standard InChI is InChI=1S/C34H33N5O4S/c1-24-22-37(19-20-38(24)33(41)31(25-10-5-3-6-11-25)26-12-7-4-8-13-26)30(40)23-44-34-36-35-32(29-14-9-21-43-29)39(34)27-15-17-28(42-2)18-16-27/h3-18,21,24,31H,19-20,22-23H2,1-2H3. The van der Waals surface area contributed by atoms with Crippen LogP contribution in [0.2, 0.25) is 0 Å². The number of ether oxygens (including phenoxy) is 1. The summed E-state index contributed by atoms with van der Waals surface area (Å²) in [4.78, 5) is 31.2. The minimum absolute atomic E-state index is 0.0135. The van der Waals surface area contributed by atoms with E-state index in [4.69, 9.17) is 9.15 Å². The number of amides is 2. The van der Waals surface area contributed by atoms with E-state index in [1.165, 1.54) is 11.8 Å². The highest BCUT2D eigenvalue weighted by atomic mass is 32.2. The third-order valence-electron chi connectivity index (χ3n) is 7.81. The Kier molecular flexibility index (Phi) is 8.79. The van der Waals surface area contributed by atoms with Crippen LogP contribution in [0.5, 0.6) is 5.75 Å². The molecule has 5 aromatic rings. The molecule has 224 valence electrons. The molecule has 0 bridgehead atoms. The second-order valence-corrected chi connectivity index (χ2v) is 11.5. The first kappa shape index (κ1) is 29.3. The molecular formula is C34H33N5O4S. The van der Waals surface area contributed by atoms with Crippen LogP contribution in [0.25, 0.3) is 17.3 Å². The number of rotatable bonds is 9. The first-order valence-corrected chi connectivity index (χ1v) is 15.5. The zero-order chi connectivity index (χ0) is 30.5. The lowest BCUT2D eigenvalue weighted by Crippen LogP contribution is -2.56. The van der Waals surface area contributed by atoms with E-state index < -0.39 is 5.92 Å². The highest BCUT2D eigenvalue weighted by Crippen LogP contribution is 2.31. The molecule has 10 heteroatoms. The summed E-state index contributed by atoms with van der Waals surface area (Å²) in [5.41, 5.74) is 2.74. The summed E-state index contributed by atoms with van der Waals surface area (Å²) in [6.07, 6.45) is 1.59. The van der Waals surface area contributed by atoms with E-state index in [1.54, 1.807) is 19.4 Å². The van der Waals surface area contributed by atoms with Crippen LogP contribution >= 0.6 is 11.8 Å². The summed E-state index contributed by atoms with van der Waals surface area (Å²) in [5, 5.41) is 9.34. The van der Waals surface area contributed by atoms with E-state index in [-0.39, 0.29) is 23.6 Å². The van der Waals surface area contributed by atoms with Crippen molar-refractivity contribution in [2.45, 2.75) is 24.0 Å². The Hall–Kier alpha value is -4.83. The first-order chi connectivity index (χ1) is 21.5. The fourth-order valence-corrected chi connectivity index (χ4v) is 6.41. The molecule has 1 fully saturated rings. The second kappa shape index (κ2) is 13.2. The van der Waals surface area contributed by atoms with E-state index in [0.717, 1.165) is 22.6 Å². The van der Waals surface area contributed by atoms with Crippen LogP contribution in [0.15, 0.2) is 113 Å². The molecule has 9 nitrogen and oxygen atoms in total. The number of furan rings is 1. The molecule has 1 aliphatic heterocycles. The Balaban J connectivity index is 1.15. The van der Waals surface area contributed by atoms with Crippen molar-refractivity contribution < 1.29 is 18.7 Å². The van der Waals surface area contributed by atoms with Gasteiger partial charge in [-0.15, -0.1) is 10.2 Å². The normalized spacial score (nSPS) is 15.0. The van der Waals surface area contributed by atoms with Crippen LogP contribution in [-0.2, 0) is 9.59 Å². The van der Waals surface area contributed by atoms with E-state index in [2.05, 4.69) is 10.2 Å².